The molecule has 5 heteroatoms. The molecule has 2 aromatic rings. The van der Waals surface area contributed by atoms with Crippen molar-refractivity contribution >= 4 is 0 Å². The molecule has 104 valence electrons. The lowest BCUT2D eigenvalue weighted by Gasteiger charge is -2.01. The second kappa shape index (κ2) is 4.40. The summed E-state index contributed by atoms with van der Waals surface area (Å²) < 4.78 is 10.9. The van der Waals surface area contributed by atoms with Crippen LogP contribution in [0.2, 0.25) is 0 Å². The fourth-order valence-electron chi connectivity index (χ4n) is 3.04. The average molecular weight is 271 g/mol. The number of benzene rings is 1. The van der Waals surface area contributed by atoms with Gasteiger partial charge in [0, 0.05) is 30.0 Å². The van der Waals surface area contributed by atoms with E-state index in [0.29, 0.717) is 18.3 Å². The van der Waals surface area contributed by atoms with Gasteiger partial charge in [-0.15, -0.1) is 0 Å². The standard InChI is InChI=1S/C15H17N3O2/c16-8-10-1-3-11(4-2-10)13-17-14(20-18-13)12-7-15(12)5-6-19-9-15/h1-4,12H,5-9,16H2. The van der Waals surface area contributed by atoms with Crippen LogP contribution in [-0.2, 0) is 11.3 Å². The lowest BCUT2D eigenvalue weighted by atomic mass is 10.0. The van der Waals surface area contributed by atoms with Crippen molar-refractivity contribution in [1.82, 2.24) is 10.1 Å². The summed E-state index contributed by atoms with van der Waals surface area (Å²) in [6.45, 7) is 2.24. The Labute approximate surface area is 117 Å². The smallest absolute Gasteiger partial charge is 0.230 e. The maximum atomic E-state index is 5.60. The summed E-state index contributed by atoms with van der Waals surface area (Å²) in [5.74, 6) is 1.80. The normalized spacial score (nSPS) is 28.1. The quantitative estimate of drug-likeness (QED) is 0.925. The zero-order chi connectivity index (χ0) is 13.6. The molecule has 1 saturated heterocycles. The monoisotopic (exact) mass is 271 g/mol. The number of hydrogen-bond donors (Lipinski definition) is 1. The molecule has 1 aliphatic carbocycles. The summed E-state index contributed by atoms with van der Waals surface area (Å²) in [6, 6.07) is 7.96. The van der Waals surface area contributed by atoms with E-state index in [1.807, 2.05) is 24.3 Å². The molecule has 2 N–H and O–H groups in total. The van der Waals surface area contributed by atoms with Crippen LogP contribution in [0.5, 0.6) is 0 Å². The van der Waals surface area contributed by atoms with Gasteiger partial charge >= 0.3 is 0 Å². The van der Waals surface area contributed by atoms with Gasteiger partial charge in [0.05, 0.1) is 6.61 Å². The van der Waals surface area contributed by atoms with Gasteiger partial charge in [0.2, 0.25) is 11.7 Å². The fraction of sp³-hybridized carbons (Fsp3) is 0.467. The summed E-state index contributed by atoms with van der Waals surface area (Å²) in [7, 11) is 0. The highest BCUT2D eigenvalue weighted by molar-refractivity contribution is 5.54. The Kier molecular flexibility index (Phi) is 2.65. The summed E-state index contributed by atoms with van der Waals surface area (Å²) in [5.41, 5.74) is 7.95. The van der Waals surface area contributed by atoms with Crippen LogP contribution in [0.15, 0.2) is 28.8 Å². The van der Waals surface area contributed by atoms with Gasteiger partial charge in [-0.1, -0.05) is 29.4 Å². The molecule has 0 radical (unpaired) electrons. The van der Waals surface area contributed by atoms with Gasteiger partial charge in [-0.3, -0.25) is 0 Å². The Morgan fingerprint density at radius 1 is 1.30 bits per heavy atom. The highest BCUT2D eigenvalue weighted by Gasteiger charge is 2.59. The molecule has 5 nitrogen and oxygen atoms in total. The summed E-state index contributed by atoms with van der Waals surface area (Å²) in [6.07, 6.45) is 2.22. The van der Waals surface area contributed by atoms with Gasteiger partial charge in [0.25, 0.3) is 0 Å². The molecule has 0 bridgehead atoms. The van der Waals surface area contributed by atoms with E-state index in [0.717, 1.165) is 43.1 Å². The molecular weight excluding hydrogens is 254 g/mol. The molecule has 2 aliphatic rings. The van der Waals surface area contributed by atoms with Gasteiger partial charge < -0.3 is 15.0 Å². The van der Waals surface area contributed by atoms with Crippen LogP contribution in [0, 0.1) is 5.41 Å². The molecule has 0 amide bonds. The Bertz CT molecular complexity index is 614. The first-order chi connectivity index (χ1) is 9.81. The van der Waals surface area contributed by atoms with E-state index in [4.69, 9.17) is 15.0 Å². The van der Waals surface area contributed by atoms with Crippen LogP contribution in [0.3, 0.4) is 0 Å². The lowest BCUT2D eigenvalue weighted by Crippen LogP contribution is -2.02. The van der Waals surface area contributed by atoms with Gasteiger partial charge in [-0.25, -0.2) is 0 Å². The number of rotatable bonds is 3. The van der Waals surface area contributed by atoms with Crippen LogP contribution < -0.4 is 5.73 Å². The second-order valence-electron chi connectivity index (χ2n) is 5.78. The molecular formula is C15H17N3O2. The first-order valence-electron chi connectivity index (χ1n) is 7.01. The highest BCUT2D eigenvalue weighted by Crippen LogP contribution is 2.63. The minimum absolute atomic E-state index is 0.285. The molecule has 2 fully saturated rings. The van der Waals surface area contributed by atoms with Crippen molar-refractivity contribution in [3.63, 3.8) is 0 Å². The van der Waals surface area contributed by atoms with Crippen LogP contribution in [0.4, 0.5) is 0 Å². The zero-order valence-electron chi connectivity index (χ0n) is 11.2. The lowest BCUT2D eigenvalue weighted by molar-refractivity contribution is 0.179. The van der Waals surface area contributed by atoms with Crippen molar-refractivity contribution in [2.24, 2.45) is 11.1 Å². The minimum atomic E-state index is 0.285. The second-order valence-corrected chi connectivity index (χ2v) is 5.78. The van der Waals surface area contributed by atoms with Gasteiger partial charge in [-0.2, -0.15) is 4.98 Å². The van der Waals surface area contributed by atoms with E-state index in [-0.39, 0.29) is 5.41 Å². The first kappa shape index (κ1) is 12.1. The molecule has 1 aromatic heterocycles. The molecule has 1 aromatic carbocycles. The number of aromatic nitrogens is 2. The molecule has 2 heterocycles. The van der Waals surface area contributed by atoms with E-state index in [9.17, 15) is 0 Å². The maximum Gasteiger partial charge on any atom is 0.230 e. The van der Waals surface area contributed by atoms with Gasteiger partial charge in [0.1, 0.15) is 0 Å². The number of hydrogen-bond acceptors (Lipinski definition) is 5. The Morgan fingerprint density at radius 3 is 2.85 bits per heavy atom. The zero-order valence-corrected chi connectivity index (χ0v) is 11.2. The Balaban J connectivity index is 1.56. The third-order valence-corrected chi connectivity index (χ3v) is 4.51. The van der Waals surface area contributed by atoms with E-state index in [2.05, 4.69) is 10.1 Å². The summed E-state index contributed by atoms with van der Waals surface area (Å²) in [5, 5.41) is 4.10. The Morgan fingerprint density at radius 2 is 2.15 bits per heavy atom. The van der Waals surface area contributed by atoms with Crippen LogP contribution in [0.1, 0.15) is 30.2 Å². The minimum Gasteiger partial charge on any atom is -0.381 e. The van der Waals surface area contributed by atoms with E-state index in [1.54, 1.807) is 0 Å². The van der Waals surface area contributed by atoms with Crippen LogP contribution in [0.25, 0.3) is 11.4 Å². The molecule has 2 unspecified atom stereocenters. The fourth-order valence-corrected chi connectivity index (χ4v) is 3.04. The number of nitrogens with two attached hydrogens (primary N) is 1. The maximum absolute atomic E-state index is 5.60. The van der Waals surface area contributed by atoms with Crippen molar-refractivity contribution in [1.29, 1.82) is 0 Å². The van der Waals surface area contributed by atoms with Crippen molar-refractivity contribution in [2.45, 2.75) is 25.3 Å². The molecule has 20 heavy (non-hydrogen) atoms. The number of ether oxygens (including phenoxy) is 1. The third kappa shape index (κ3) is 1.85. The van der Waals surface area contributed by atoms with Gasteiger partial charge in [0.15, 0.2) is 0 Å². The summed E-state index contributed by atoms with van der Waals surface area (Å²) in [4.78, 5) is 4.55. The summed E-state index contributed by atoms with van der Waals surface area (Å²) >= 11 is 0. The van der Waals surface area contributed by atoms with Crippen molar-refractivity contribution in [2.75, 3.05) is 13.2 Å². The predicted molar refractivity (Wildman–Crippen MR) is 72.9 cm³/mol. The van der Waals surface area contributed by atoms with Crippen LogP contribution in [-0.4, -0.2) is 23.4 Å². The van der Waals surface area contributed by atoms with Gasteiger partial charge in [-0.05, 0) is 18.4 Å². The topological polar surface area (TPSA) is 74.2 Å². The van der Waals surface area contributed by atoms with Crippen molar-refractivity contribution in [3.8, 4) is 11.4 Å². The van der Waals surface area contributed by atoms with E-state index in [1.165, 1.54) is 0 Å². The van der Waals surface area contributed by atoms with Crippen LogP contribution >= 0.6 is 0 Å². The van der Waals surface area contributed by atoms with E-state index >= 15 is 0 Å². The van der Waals surface area contributed by atoms with Crippen molar-refractivity contribution < 1.29 is 9.26 Å². The Hall–Kier alpha value is -1.72. The van der Waals surface area contributed by atoms with E-state index < -0.39 is 0 Å². The largest absolute Gasteiger partial charge is 0.381 e. The first-order valence-corrected chi connectivity index (χ1v) is 7.01. The highest BCUT2D eigenvalue weighted by atomic mass is 16.5. The molecule has 4 rings (SSSR count). The molecule has 1 saturated carbocycles. The third-order valence-electron chi connectivity index (χ3n) is 4.51. The number of nitrogens with zero attached hydrogens (tertiary/aromatic N) is 2. The molecule has 1 aliphatic heterocycles. The molecule has 1 spiro atoms. The average Bonchev–Trinajstić information content (AvgIpc) is 2.86. The van der Waals surface area contributed by atoms with Crippen molar-refractivity contribution in [3.05, 3.63) is 35.7 Å². The predicted octanol–water partition coefficient (Wildman–Crippen LogP) is 2.09. The SMILES string of the molecule is NCc1ccc(-c2noc(C3CC34CCOC4)n2)cc1. The molecule has 2 atom stereocenters.